The van der Waals surface area contributed by atoms with Crippen molar-refractivity contribution in [2.45, 2.75) is 64.8 Å². The van der Waals surface area contributed by atoms with Gasteiger partial charge in [0.25, 0.3) is 0 Å². The molecule has 3 aliphatic rings. The number of alkyl halides is 3. The van der Waals surface area contributed by atoms with Crippen molar-refractivity contribution in [2.75, 3.05) is 26.8 Å². The fourth-order valence-corrected chi connectivity index (χ4v) is 5.65. The lowest BCUT2D eigenvalue weighted by Gasteiger charge is -2.35. The predicted octanol–water partition coefficient (Wildman–Crippen LogP) is 0.399. The normalized spacial score (nSPS) is 27.8. The Morgan fingerprint density at radius 2 is 1.84 bits per heavy atom. The van der Waals surface area contributed by atoms with E-state index in [1.54, 1.807) is 5.32 Å². The molecule has 1 saturated carbocycles. The molecular formula is C24H35F3N4O6. The Morgan fingerprint density at radius 1 is 1.19 bits per heavy atom. The summed E-state index contributed by atoms with van der Waals surface area (Å²) < 4.78 is 43.6. The third-order valence-electron chi connectivity index (χ3n) is 7.91. The van der Waals surface area contributed by atoms with E-state index >= 15 is 0 Å². The van der Waals surface area contributed by atoms with Gasteiger partial charge in [0, 0.05) is 26.1 Å². The largest absolute Gasteiger partial charge is 0.471 e. The Kier molecular flexibility index (Phi) is 8.25. The molecule has 208 valence electrons. The van der Waals surface area contributed by atoms with E-state index in [1.807, 2.05) is 13.8 Å². The van der Waals surface area contributed by atoms with Gasteiger partial charge in [-0.25, -0.2) is 0 Å². The van der Waals surface area contributed by atoms with Crippen LogP contribution in [0.3, 0.4) is 0 Å². The van der Waals surface area contributed by atoms with Crippen molar-refractivity contribution in [3.05, 3.63) is 0 Å². The molecule has 0 aromatic rings. The van der Waals surface area contributed by atoms with Gasteiger partial charge in [0.15, 0.2) is 5.78 Å². The number of halogens is 3. The van der Waals surface area contributed by atoms with Crippen LogP contribution < -0.4 is 16.0 Å². The zero-order valence-electron chi connectivity index (χ0n) is 21.6. The van der Waals surface area contributed by atoms with E-state index in [2.05, 4.69) is 10.6 Å². The molecule has 3 N–H and O–H groups in total. The van der Waals surface area contributed by atoms with E-state index in [9.17, 15) is 37.1 Å². The van der Waals surface area contributed by atoms with Gasteiger partial charge in [-0.1, -0.05) is 27.7 Å². The second kappa shape index (κ2) is 10.6. The molecule has 4 amide bonds. The summed E-state index contributed by atoms with van der Waals surface area (Å²) in [4.78, 5) is 64.6. The molecule has 2 heterocycles. The van der Waals surface area contributed by atoms with Gasteiger partial charge in [-0.05, 0) is 36.0 Å². The van der Waals surface area contributed by atoms with Crippen LogP contribution in [-0.2, 0) is 28.7 Å². The first-order chi connectivity index (χ1) is 17.1. The first kappa shape index (κ1) is 28.9. The average molecular weight is 533 g/mol. The number of hydrogen-bond acceptors (Lipinski definition) is 6. The number of ketones is 1. The number of carbonyl (C=O) groups excluding carboxylic acids is 5. The molecule has 10 nitrogen and oxygen atoms in total. The summed E-state index contributed by atoms with van der Waals surface area (Å²) in [6.07, 6.45) is -4.60. The van der Waals surface area contributed by atoms with Gasteiger partial charge in [0.05, 0.1) is 6.04 Å². The number of amides is 4. The van der Waals surface area contributed by atoms with Crippen LogP contribution in [0.25, 0.3) is 0 Å². The minimum atomic E-state index is -5.17. The Labute approximate surface area is 213 Å². The molecule has 0 radical (unpaired) electrons. The van der Waals surface area contributed by atoms with Crippen molar-refractivity contribution in [2.24, 2.45) is 29.1 Å². The van der Waals surface area contributed by atoms with E-state index < -0.39 is 59.6 Å². The number of carbonyl (C=O) groups is 5. The number of Topliss-reactive ketones (excluding diaryl/α,β-unsaturated/α-hetero) is 1. The van der Waals surface area contributed by atoms with E-state index in [4.69, 9.17) is 4.74 Å². The molecule has 13 heteroatoms. The number of nitrogens with one attached hydrogen (secondary N) is 3. The molecule has 0 bridgehead atoms. The minimum Gasteiger partial charge on any atom is -0.377 e. The highest BCUT2D eigenvalue weighted by atomic mass is 19.4. The summed E-state index contributed by atoms with van der Waals surface area (Å²) in [5.74, 6) is -5.77. The van der Waals surface area contributed by atoms with Gasteiger partial charge < -0.3 is 25.6 Å². The highest BCUT2D eigenvalue weighted by Gasteiger charge is 2.69. The summed E-state index contributed by atoms with van der Waals surface area (Å²) in [7, 11) is 1.33. The Morgan fingerprint density at radius 3 is 2.35 bits per heavy atom. The second-order valence-electron chi connectivity index (χ2n) is 11.1. The van der Waals surface area contributed by atoms with Crippen LogP contribution in [0.5, 0.6) is 0 Å². The lowest BCUT2D eigenvalue weighted by atomic mass is 9.94. The fourth-order valence-electron chi connectivity index (χ4n) is 5.65. The van der Waals surface area contributed by atoms with Crippen LogP contribution in [0.1, 0.15) is 40.5 Å². The van der Waals surface area contributed by atoms with E-state index in [-0.39, 0.29) is 42.7 Å². The van der Waals surface area contributed by atoms with Crippen LogP contribution in [0.15, 0.2) is 0 Å². The molecule has 0 aromatic carbocycles. The molecule has 1 aliphatic carbocycles. The number of ether oxygens (including phenoxy) is 1. The Balaban J connectivity index is 1.82. The third-order valence-corrected chi connectivity index (χ3v) is 7.91. The molecule has 3 rings (SSSR count). The van der Waals surface area contributed by atoms with Crippen LogP contribution in [0.4, 0.5) is 13.2 Å². The number of piperidine rings is 1. The van der Waals surface area contributed by atoms with Crippen molar-refractivity contribution in [3.8, 4) is 0 Å². The number of fused-ring (bicyclic) bond motifs is 1. The van der Waals surface area contributed by atoms with Gasteiger partial charge >= 0.3 is 12.1 Å². The van der Waals surface area contributed by atoms with Crippen molar-refractivity contribution in [1.29, 1.82) is 0 Å². The fraction of sp³-hybridized carbons (Fsp3) is 0.792. The van der Waals surface area contributed by atoms with Crippen LogP contribution in [0.2, 0.25) is 0 Å². The van der Waals surface area contributed by atoms with Crippen molar-refractivity contribution >= 4 is 29.4 Å². The maximum absolute atomic E-state index is 13.6. The van der Waals surface area contributed by atoms with E-state index in [0.717, 1.165) is 0 Å². The number of methoxy groups -OCH3 is 1. The summed E-state index contributed by atoms with van der Waals surface area (Å²) in [5, 5.41) is 7.15. The molecule has 2 aliphatic heterocycles. The quantitative estimate of drug-likeness (QED) is 0.373. The van der Waals surface area contributed by atoms with E-state index in [0.29, 0.717) is 13.0 Å². The lowest BCUT2D eigenvalue weighted by molar-refractivity contribution is -0.175. The van der Waals surface area contributed by atoms with Crippen LogP contribution in [-0.4, -0.2) is 85.4 Å². The zero-order valence-corrected chi connectivity index (χ0v) is 21.6. The van der Waals surface area contributed by atoms with Crippen LogP contribution >= 0.6 is 0 Å². The van der Waals surface area contributed by atoms with Crippen LogP contribution in [0, 0.1) is 29.1 Å². The van der Waals surface area contributed by atoms with Gasteiger partial charge in [-0.2, -0.15) is 13.2 Å². The van der Waals surface area contributed by atoms with Gasteiger partial charge in [0.1, 0.15) is 18.7 Å². The molecule has 2 saturated heterocycles. The Bertz CT molecular complexity index is 953. The Hall–Kier alpha value is -2.70. The van der Waals surface area contributed by atoms with Crippen molar-refractivity contribution in [1.82, 2.24) is 20.9 Å². The summed E-state index contributed by atoms with van der Waals surface area (Å²) in [6.45, 7) is 7.19. The monoisotopic (exact) mass is 532 g/mol. The summed E-state index contributed by atoms with van der Waals surface area (Å²) in [5.41, 5.74) is -0.293. The molecule has 0 aromatic heterocycles. The summed E-state index contributed by atoms with van der Waals surface area (Å²) in [6, 6.07) is -3.56. The lowest BCUT2D eigenvalue weighted by Crippen LogP contribution is -2.59. The SMILES string of the molecule is COCC(=O)[C@H](C[C@@H]1CCNC1=O)NC(=O)[C@@H]1[C@@H]2[C@H](CN1C(=O)[C@@H](NC(=O)C(F)(F)F)C(C)C)C2(C)C. The van der Waals surface area contributed by atoms with Gasteiger partial charge in [-0.3, -0.25) is 24.0 Å². The predicted molar refractivity (Wildman–Crippen MR) is 124 cm³/mol. The maximum atomic E-state index is 13.6. The second-order valence-corrected chi connectivity index (χ2v) is 11.1. The van der Waals surface area contributed by atoms with Gasteiger partial charge in [0.2, 0.25) is 17.7 Å². The summed E-state index contributed by atoms with van der Waals surface area (Å²) >= 11 is 0. The number of rotatable bonds is 10. The standard InChI is InChI=1S/C24H35F3N4O6/c1-11(2)17(30-22(36)24(25,26)27)21(35)31-9-13-16(23(13,3)4)18(31)20(34)29-14(15(32)10-37-5)8-12-6-7-28-19(12)33/h11-14,16-18H,6-10H2,1-5H3,(H,28,33)(H,29,34)(H,30,36)/t12-,13-,14-,16-,17-,18-/m0/s1. The first-order valence-corrected chi connectivity index (χ1v) is 12.4. The third kappa shape index (κ3) is 5.91. The molecular weight excluding hydrogens is 497 g/mol. The number of nitrogens with zero attached hydrogens (tertiary/aromatic N) is 1. The highest BCUT2D eigenvalue weighted by molar-refractivity contribution is 5.97. The maximum Gasteiger partial charge on any atom is 0.471 e. The first-order valence-electron chi connectivity index (χ1n) is 12.4. The van der Waals surface area contributed by atoms with Crippen molar-refractivity contribution in [3.63, 3.8) is 0 Å². The minimum absolute atomic E-state index is 0.0629. The van der Waals surface area contributed by atoms with E-state index in [1.165, 1.54) is 25.9 Å². The number of likely N-dealkylation sites (tertiary alicyclic amines) is 1. The smallest absolute Gasteiger partial charge is 0.377 e. The topological polar surface area (TPSA) is 134 Å². The molecule has 0 spiro atoms. The highest BCUT2D eigenvalue weighted by Crippen LogP contribution is 2.65. The van der Waals surface area contributed by atoms with Gasteiger partial charge in [-0.15, -0.1) is 0 Å². The average Bonchev–Trinajstić information content (AvgIpc) is 3.15. The van der Waals surface area contributed by atoms with Crippen molar-refractivity contribution < 1.29 is 41.9 Å². The molecule has 37 heavy (non-hydrogen) atoms. The molecule has 3 fully saturated rings. The molecule has 6 atom stereocenters. The molecule has 0 unspecified atom stereocenters. The number of hydrogen-bond donors (Lipinski definition) is 3. The zero-order chi connectivity index (χ0) is 27.9.